The van der Waals surface area contributed by atoms with Gasteiger partial charge in [0.2, 0.25) is 5.91 Å². The zero-order chi connectivity index (χ0) is 32.8. The minimum absolute atomic E-state index is 0.00385. The lowest BCUT2D eigenvalue weighted by Crippen LogP contribution is -2.59. The molecule has 1 aromatic carbocycles. The summed E-state index contributed by atoms with van der Waals surface area (Å²) in [5.41, 5.74) is -1.82. The molecule has 4 heterocycles. The largest absolute Gasteiger partial charge is 0.444 e. The van der Waals surface area contributed by atoms with E-state index in [1.54, 1.807) is 45.7 Å². The average Bonchev–Trinajstić information content (AvgIpc) is 2.96. The number of aryl methyl sites for hydroxylation is 1. The molecule has 10 nitrogen and oxygen atoms in total. The summed E-state index contributed by atoms with van der Waals surface area (Å²) in [5, 5.41) is 3.84. The van der Waals surface area contributed by atoms with E-state index < -0.39 is 29.8 Å². The van der Waals surface area contributed by atoms with Crippen LogP contribution >= 0.6 is 0 Å². The Bertz CT molecular complexity index is 1670. The number of carbonyl (C=O) groups excluding carboxylic acids is 2. The third kappa shape index (κ3) is 6.62. The number of pyridine rings is 1. The summed E-state index contributed by atoms with van der Waals surface area (Å²) < 4.78 is 50.8. The fraction of sp³-hybridized carbons (Fsp3) is 0.531. The van der Waals surface area contributed by atoms with E-state index in [4.69, 9.17) is 4.74 Å². The Hall–Kier alpha value is -4.16. The van der Waals surface area contributed by atoms with Crippen LogP contribution in [0.15, 0.2) is 35.4 Å². The van der Waals surface area contributed by atoms with Crippen molar-refractivity contribution in [3.8, 4) is 0 Å². The van der Waals surface area contributed by atoms with Gasteiger partial charge in [0.1, 0.15) is 23.4 Å². The number of carbonyl (C=O) groups is 2. The summed E-state index contributed by atoms with van der Waals surface area (Å²) in [7, 11) is 1.64. The average molecular weight is 629 g/mol. The first-order valence-corrected chi connectivity index (χ1v) is 15.0. The normalized spacial score (nSPS) is 17.7. The second-order valence-electron chi connectivity index (χ2n) is 13.1. The third-order valence-electron chi connectivity index (χ3n) is 8.55. The fourth-order valence-electron chi connectivity index (χ4n) is 6.00. The first-order valence-electron chi connectivity index (χ1n) is 15.0. The summed E-state index contributed by atoms with van der Waals surface area (Å²) in [6.07, 6.45) is -0.892. The number of amides is 2. The fourth-order valence-corrected chi connectivity index (χ4v) is 6.00. The van der Waals surface area contributed by atoms with Crippen LogP contribution in [0.3, 0.4) is 0 Å². The van der Waals surface area contributed by atoms with Crippen molar-refractivity contribution in [3.05, 3.63) is 63.2 Å². The van der Waals surface area contributed by atoms with Gasteiger partial charge in [-0.2, -0.15) is 0 Å². The van der Waals surface area contributed by atoms with E-state index in [9.17, 15) is 23.2 Å². The van der Waals surface area contributed by atoms with Gasteiger partial charge in [0.25, 0.3) is 12.0 Å². The number of hydrogen-bond donors (Lipinski definition) is 1. The molecule has 2 aliphatic heterocycles. The van der Waals surface area contributed by atoms with Gasteiger partial charge in [0.15, 0.2) is 5.67 Å². The van der Waals surface area contributed by atoms with Crippen molar-refractivity contribution in [2.24, 2.45) is 7.05 Å². The van der Waals surface area contributed by atoms with Crippen LogP contribution in [0.1, 0.15) is 88.1 Å². The number of nitrogens with one attached hydrogen (secondary N) is 1. The molecule has 2 aliphatic rings. The number of piperidine rings is 1. The number of likely N-dealkylation sites (tertiary alicyclic amines) is 2. The maximum Gasteiger partial charge on any atom is 0.410 e. The van der Waals surface area contributed by atoms with Crippen LogP contribution in [0.25, 0.3) is 11.0 Å². The Balaban J connectivity index is 1.43. The van der Waals surface area contributed by atoms with Crippen molar-refractivity contribution in [2.75, 3.05) is 31.5 Å². The molecule has 2 saturated heterocycles. The lowest BCUT2D eigenvalue weighted by molar-refractivity contribution is -0.129. The number of hydrogen-bond acceptors (Lipinski definition) is 7. The van der Waals surface area contributed by atoms with Gasteiger partial charge >= 0.3 is 6.09 Å². The second-order valence-corrected chi connectivity index (χ2v) is 13.1. The lowest BCUT2D eigenvalue weighted by Gasteiger charge is -2.45. The molecular formula is C32H39F3N6O4. The number of anilines is 1. The van der Waals surface area contributed by atoms with E-state index in [1.807, 2.05) is 0 Å². The molecule has 0 saturated carbocycles. The van der Waals surface area contributed by atoms with Gasteiger partial charge in [-0.25, -0.2) is 27.9 Å². The number of benzene rings is 1. The van der Waals surface area contributed by atoms with E-state index in [1.165, 1.54) is 34.9 Å². The second kappa shape index (κ2) is 12.0. The van der Waals surface area contributed by atoms with Gasteiger partial charge in [-0.3, -0.25) is 14.2 Å². The Morgan fingerprint density at radius 3 is 2.29 bits per heavy atom. The highest BCUT2D eigenvalue weighted by atomic mass is 19.3. The van der Waals surface area contributed by atoms with Gasteiger partial charge in [-0.15, -0.1) is 0 Å². The predicted octanol–water partition coefficient (Wildman–Crippen LogP) is 5.58. The van der Waals surface area contributed by atoms with Crippen LogP contribution < -0.4 is 10.9 Å². The van der Waals surface area contributed by atoms with E-state index in [-0.39, 0.29) is 41.6 Å². The molecule has 0 radical (unpaired) electrons. The number of halogens is 3. The highest BCUT2D eigenvalue weighted by Gasteiger charge is 2.49. The summed E-state index contributed by atoms with van der Waals surface area (Å²) in [6, 6.07) is 5.19. The van der Waals surface area contributed by atoms with Crippen LogP contribution in [0, 0.1) is 0 Å². The summed E-state index contributed by atoms with van der Waals surface area (Å²) in [5.74, 6) is 0.344. The number of rotatable bonds is 6. The molecule has 2 aromatic heterocycles. The minimum Gasteiger partial charge on any atom is -0.444 e. The molecule has 0 unspecified atom stereocenters. The number of ether oxygens (including phenoxy) is 1. The molecular weight excluding hydrogens is 589 g/mol. The molecule has 242 valence electrons. The molecule has 0 bridgehead atoms. The quantitative estimate of drug-likeness (QED) is 0.380. The van der Waals surface area contributed by atoms with Crippen LogP contribution in [0.5, 0.6) is 0 Å². The molecule has 13 heteroatoms. The Morgan fingerprint density at radius 2 is 1.69 bits per heavy atom. The smallest absolute Gasteiger partial charge is 0.410 e. The van der Waals surface area contributed by atoms with Crippen molar-refractivity contribution in [3.63, 3.8) is 0 Å². The minimum atomic E-state index is -2.84. The first-order chi connectivity index (χ1) is 21.1. The van der Waals surface area contributed by atoms with Crippen molar-refractivity contribution >= 4 is 28.9 Å². The molecule has 0 aliphatic carbocycles. The molecule has 5 rings (SSSR count). The number of aromatic nitrogens is 3. The number of alkyl halides is 3. The topological polar surface area (TPSA) is 110 Å². The van der Waals surface area contributed by atoms with Crippen LogP contribution in [-0.4, -0.2) is 68.1 Å². The van der Waals surface area contributed by atoms with Gasteiger partial charge in [-0.1, -0.05) is 6.07 Å². The van der Waals surface area contributed by atoms with Gasteiger partial charge in [-0.05, 0) is 75.8 Å². The van der Waals surface area contributed by atoms with Crippen molar-refractivity contribution in [2.45, 2.75) is 77.1 Å². The molecule has 45 heavy (non-hydrogen) atoms. The summed E-state index contributed by atoms with van der Waals surface area (Å²) >= 11 is 0. The summed E-state index contributed by atoms with van der Waals surface area (Å²) in [4.78, 5) is 49.2. The Labute approximate surface area is 259 Å². The molecule has 2 fully saturated rings. The molecule has 2 amide bonds. The van der Waals surface area contributed by atoms with Crippen LogP contribution in [0.4, 0.5) is 23.8 Å². The van der Waals surface area contributed by atoms with Crippen LogP contribution in [0.2, 0.25) is 0 Å². The highest BCUT2D eigenvalue weighted by molar-refractivity contribution is 5.87. The van der Waals surface area contributed by atoms with E-state index in [0.717, 1.165) is 6.07 Å². The van der Waals surface area contributed by atoms with Crippen molar-refractivity contribution in [1.29, 1.82) is 0 Å². The van der Waals surface area contributed by atoms with E-state index in [2.05, 4.69) is 15.3 Å². The highest BCUT2D eigenvalue weighted by Crippen LogP contribution is 2.40. The van der Waals surface area contributed by atoms with Crippen molar-refractivity contribution in [1.82, 2.24) is 24.3 Å². The molecule has 1 atom stereocenters. The van der Waals surface area contributed by atoms with Crippen molar-refractivity contribution < 1.29 is 27.5 Å². The number of fused-ring (bicyclic) bond motifs is 1. The number of nitrogens with zero attached hydrogens (tertiary/aromatic N) is 5. The standard InChI is InChI=1S/C32H39F3N6O4/c1-18(21-11-22(26(33)34)13-23(12-21)32(35)15-41(16-32)30(44)45-31(3,4)5)38-27-25-14-24(20-7-9-40(10-8-20)19(2)42)29(43)39(6)28(25)37-17-36-27/h11-14,17-18,20,26H,7-10,15-16H2,1-6H3,(H,36,37,38)/t18-/m1/s1. The zero-order valence-electron chi connectivity index (χ0n) is 26.4. The van der Waals surface area contributed by atoms with Gasteiger partial charge in [0.05, 0.1) is 18.5 Å². The first kappa shape index (κ1) is 32.2. The SMILES string of the molecule is CC(=O)N1CCC(c2cc3c(N[C@H](C)c4cc(C(F)F)cc(C5(F)CN(C(=O)OC(C)(C)C)C5)c4)ncnc3n(C)c2=O)CC1. The summed E-state index contributed by atoms with van der Waals surface area (Å²) in [6.45, 7) is 8.90. The maximum atomic E-state index is 16.0. The van der Waals surface area contributed by atoms with E-state index >= 15 is 4.39 Å². The van der Waals surface area contributed by atoms with Gasteiger partial charge in [0, 0.05) is 44.2 Å². The van der Waals surface area contributed by atoms with Gasteiger partial charge < -0.3 is 19.9 Å². The molecule has 3 aromatic rings. The molecule has 1 N–H and O–H groups in total. The maximum absolute atomic E-state index is 16.0. The van der Waals surface area contributed by atoms with Crippen LogP contribution in [-0.2, 0) is 22.2 Å². The predicted molar refractivity (Wildman–Crippen MR) is 163 cm³/mol. The lowest BCUT2D eigenvalue weighted by atomic mass is 9.85. The van der Waals surface area contributed by atoms with E-state index in [0.29, 0.717) is 53.9 Å². The Morgan fingerprint density at radius 1 is 1.04 bits per heavy atom. The monoisotopic (exact) mass is 628 g/mol. The molecule has 0 spiro atoms. The zero-order valence-corrected chi connectivity index (χ0v) is 26.4. The Kier molecular flexibility index (Phi) is 8.58. The third-order valence-corrected chi connectivity index (χ3v) is 8.55.